The van der Waals surface area contributed by atoms with Crippen molar-refractivity contribution in [1.82, 2.24) is 4.98 Å². The van der Waals surface area contributed by atoms with E-state index in [0.717, 1.165) is 0 Å². The number of hydrogen-bond acceptors (Lipinski definition) is 5. The van der Waals surface area contributed by atoms with Crippen LogP contribution in [-0.2, 0) is 9.53 Å². The Labute approximate surface area is 66.8 Å². The van der Waals surface area contributed by atoms with Crippen molar-refractivity contribution in [2.75, 3.05) is 6.61 Å². The maximum Gasteiger partial charge on any atom is 0.367 e. The summed E-state index contributed by atoms with van der Waals surface area (Å²) in [5, 5.41) is 1.93. The van der Waals surface area contributed by atoms with Gasteiger partial charge in [-0.25, -0.2) is 9.78 Å². The fourth-order valence-electron chi connectivity index (χ4n) is 0.496. The minimum absolute atomic E-state index is 0.210. The maximum atomic E-state index is 10.8. The molecule has 0 radical (unpaired) electrons. The molecule has 1 aromatic heterocycles. The van der Waals surface area contributed by atoms with E-state index in [0.29, 0.717) is 6.29 Å². The highest BCUT2D eigenvalue weighted by atomic mass is 32.1. The summed E-state index contributed by atoms with van der Waals surface area (Å²) in [5.74, 6) is -0.549. The van der Waals surface area contributed by atoms with Crippen LogP contribution in [-0.4, -0.2) is 23.8 Å². The Morgan fingerprint density at radius 1 is 1.82 bits per heavy atom. The Bertz CT molecular complexity index is 244. The lowest BCUT2D eigenvalue weighted by Crippen LogP contribution is -2.06. The molecule has 0 fully saturated rings. The van der Waals surface area contributed by atoms with Crippen molar-refractivity contribution in [1.29, 1.82) is 0 Å². The molecule has 0 unspecified atom stereocenters. The SMILES string of the molecule is O=CCOC(=O)c1nccs1. The van der Waals surface area contributed by atoms with E-state index < -0.39 is 5.97 Å². The van der Waals surface area contributed by atoms with Crippen LogP contribution in [0.4, 0.5) is 0 Å². The Hall–Kier alpha value is -1.23. The van der Waals surface area contributed by atoms with Crippen LogP contribution in [0.1, 0.15) is 9.80 Å². The predicted molar refractivity (Wildman–Crippen MR) is 38.5 cm³/mol. The van der Waals surface area contributed by atoms with E-state index in [1.54, 1.807) is 5.38 Å². The van der Waals surface area contributed by atoms with E-state index in [1.165, 1.54) is 17.5 Å². The molecular weight excluding hydrogens is 166 g/mol. The molecule has 11 heavy (non-hydrogen) atoms. The van der Waals surface area contributed by atoms with Crippen molar-refractivity contribution in [2.24, 2.45) is 0 Å². The second-order valence-corrected chi connectivity index (χ2v) is 2.50. The van der Waals surface area contributed by atoms with Crippen LogP contribution in [0.2, 0.25) is 0 Å². The van der Waals surface area contributed by atoms with Crippen LogP contribution in [0.3, 0.4) is 0 Å². The van der Waals surface area contributed by atoms with Gasteiger partial charge in [-0.15, -0.1) is 11.3 Å². The van der Waals surface area contributed by atoms with Gasteiger partial charge >= 0.3 is 5.97 Å². The normalized spacial score (nSPS) is 9.09. The standard InChI is InChI=1S/C6H5NO3S/c8-2-3-10-6(9)5-7-1-4-11-5/h1-2,4H,3H2. The third-order valence-electron chi connectivity index (χ3n) is 0.889. The van der Waals surface area contributed by atoms with Gasteiger partial charge < -0.3 is 4.74 Å². The number of ether oxygens (including phenoxy) is 1. The summed E-state index contributed by atoms with van der Waals surface area (Å²) in [6.07, 6.45) is 2.02. The first-order valence-electron chi connectivity index (χ1n) is 2.85. The molecule has 0 saturated carbocycles. The number of thiazole rings is 1. The van der Waals surface area contributed by atoms with Gasteiger partial charge in [-0.1, -0.05) is 0 Å². The van der Waals surface area contributed by atoms with Gasteiger partial charge in [0.1, 0.15) is 6.61 Å². The first-order chi connectivity index (χ1) is 5.34. The third-order valence-corrected chi connectivity index (χ3v) is 1.64. The number of carbonyl (C=O) groups is 2. The van der Waals surface area contributed by atoms with Crippen LogP contribution in [0, 0.1) is 0 Å². The Kier molecular flexibility index (Phi) is 2.74. The number of rotatable bonds is 3. The summed E-state index contributed by atoms with van der Waals surface area (Å²) in [6.45, 7) is -0.210. The topological polar surface area (TPSA) is 56.3 Å². The van der Waals surface area contributed by atoms with Crippen LogP contribution in [0.5, 0.6) is 0 Å². The van der Waals surface area contributed by atoms with Crippen molar-refractivity contribution >= 4 is 23.6 Å². The lowest BCUT2D eigenvalue weighted by Gasteiger charge is -1.93. The predicted octanol–water partition coefficient (Wildman–Crippen LogP) is 0.499. The number of nitrogens with zero attached hydrogens (tertiary/aromatic N) is 1. The van der Waals surface area contributed by atoms with Crippen molar-refractivity contribution in [2.45, 2.75) is 0 Å². The lowest BCUT2D eigenvalue weighted by atomic mass is 10.7. The minimum Gasteiger partial charge on any atom is -0.453 e. The second-order valence-electron chi connectivity index (χ2n) is 1.60. The van der Waals surface area contributed by atoms with Crippen molar-refractivity contribution < 1.29 is 14.3 Å². The summed E-state index contributed by atoms with van der Waals surface area (Å²) in [7, 11) is 0. The van der Waals surface area contributed by atoms with Gasteiger partial charge in [0.05, 0.1) is 0 Å². The van der Waals surface area contributed by atoms with Crippen LogP contribution in [0.25, 0.3) is 0 Å². The summed E-state index contributed by atoms with van der Waals surface area (Å²) >= 11 is 1.18. The molecule has 1 rings (SSSR count). The molecule has 1 heterocycles. The number of carbonyl (C=O) groups excluding carboxylic acids is 2. The van der Waals surface area contributed by atoms with Gasteiger partial charge in [-0.3, -0.25) is 4.79 Å². The van der Waals surface area contributed by atoms with Crippen molar-refractivity contribution in [3.05, 3.63) is 16.6 Å². The summed E-state index contributed by atoms with van der Waals surface area (Å²) in [5.41, 5.74) is 0. The highest BCUT2D eigenvalue weighted by Crippen LogP contribution is 2.04. The van der Waals surface area contributed by atoms with E-state index in [1.807, 2.05) is 0 Å². The quantitative estimate of drug-likeness (QED) is 0.491. The number of hydrogen-bond donors (Lipinski definition) is 0. The molecule has 0 spiro atoms. The number of esters is 1. The molecule has 0 aromatic carbocycles. The van der Waals surface area contributed by atoms with Gasteiger partial charge in [0.2, 0.25) is 5.01 Å². The average Bonchev–Trinajstić information content (AvgIpc) is 2.52. The molecule has 4 nitrogen and oxygen atoms in total. The highest BCUT2D eigenvalue weighted by molar-refractivity contribution is 7.11. The average molecular weight is 171 g/mol. The van der Waals surface area contributed by atoms with Gasteiger partial charge in [0.25, 0.3) is 0 Å². The van der Waals surface area contributed by atoms with Gasteiger partial charge in [0.15, 0.2) is 6.29 Å². The van der Waals surface area contributed by atoms with E-state index in [4.69, 9.17) is 0 Å². The first kappa shape index (κ1) is 7.87. The molecule has 0 aliphatic rings. The van der Waals surface area contributed by atoms with Gasteiger partial charge in [0, 0.05) is 11.6 Å². The lowest BCUT2D eigenvalue weighted by molar-refractivity contribution is -0.110. The molecule has 0 aliphatic carbocycles. The molecule has 0 N–H and O–H groups in total. The molecule has 0 amide bonds. The van der Waals surface area contributed by atoms with Gasteiger partial charge in [-0.2, -0.15) is 0 Å². The molecular formula is C6H5NO3S. The Balaban J connectivity index is 2.49. The largest absolute Gasteiger partial charge is 0.453 e. The summed E-state index contributed by atoms with van der Waals surface area (Å²) in [6, 6.07) is 0. The highest BCUT2D eigenvalue weighted by Gasteiger charge is 2.07. The molecule has 0 aliphatic heterocycles. The van der Waals surface area contributed by atoms with Crippen molar-refractivity contribution in [3.8, 4) is 0 Å². The monoisotopic (exact) mass is 171 g/mol. The first-order valence-corrected chi connectivity index (χ1v) is 3.73. The zero-order valence-corrected chi connectivity index (χ0v) is 6.34. The fourth-order valence-corrected chi connectivity index (χ4v) is 1.02. The Morgan fingerprint density at radius 2 is 2.64 bits per heavy atom. The zero-order valence-electron chi connectivity index (χ0n) is 5.52. The number of aromatic nitrogens is 1. The zero-order chi connectivity index (χ0) is 8.10. The molecule has 0 atom stereocenters. The van der Waals surface area contributed by atoms with E-state index in [-0.39, 0.29) is 11.6 Å². The van der Waals surface area contributed by atoms with Crippen molar-refractivity contribution in [3.63, 3.8) is 0 Å². The van der Waals surface area contributed by atoms with Crippen LogP contribution < -0.4 is 0 Å². The smallest absolute Gasteiger partial charge is 0.367 e. The summed E-state index contributed by atoms with van der Waals surface area (Å²) < 4.78 is 4.48. The minimum atomic E-state index is -0.549. The van der Waals surface area contributed by atoms with Gasteiger partial charge in [-0.05, 0) is 0 Å². The van der Waals surface area contributed by atoms with E-state index >= 15 is 0 Å². The molecule has 5 heteroatoms. The number of aldehydes is 1. The van der Waals surface area contributed by atoms with E-state index in [9.17, 15) is 9.59 Å². The summed E-state index contributed by atoms with van der Waals surface area (Å²) in [4.78, 5) is 24.3. The molecule has 1 aromatic rings. The maximum absolute atomic E-state index is 10.8. The molecule has 0 saturated heterocycles. The second kappa shape index (κ2) is 3.82. The molecule has 58 valence electrons. The van der Waals surface area contributed by atoms with Crippen LogP contribution in [0.15, 0.2) is 11.6 Å². The molecule has 0 bridgehead atoms. The fraction of sp³-hybridized carbons (Fsp3) is 0.167. The van der Waals surface area contributed by atoms with Crippen LogP contribution >= 0.6 is 11.3 Å². The third kappa shape index (κ3) is 2.12. The Morgan fingerprint density at radius 3 is 3.18 bits per heavy atom. The van der Waals surface area contributed by atoms with E-state index in [2.05, 4.69) is 9.72 Å².